The second-order valence-electron chi connectivity index (χ2n) is 6.58. The Morgan fingerprint density at radius 1 is 0.562 bits per heavy atom. The molecule has 0 heterocycles. The van der Waals surface area contributed by atoms with E-state index >= 15 is 0 Å². The summed E-state index contributed by atoms with van der Waals surface area (Å²) in [5.41, 5.74) is -0.286. The van der Waals surface area contributed by atoms with Crippen molar-refractivity contribution in [3.05, 3.63) is 104 Å². The van der Waals surface area contributed by atoms with E-state index in [1.54, 1.807) is 0 Å². The van der Waals surface area contributed by atoms with Gasteiger partial charge in [0.2, 0.25) is 0 Å². The quantitative estimate of drug-likeness (QED) is 0.391. The Balaban J connectivity index is 1.70. The van der Waals surface area contributed by atoms with Crippen molar-refractivity contribution < 1.29 is 28.9 Å². The molecule has 3 aromatic carbocycles. The molecular weight excluding hydrogens is 420 g/mol. The van der Waals surface area contributed by atoms with Gasteiger partial charge in [0, 0.05) is 24.3 Å². The second-order valence-corrected chi connectivity index (χ2v) is 6.58. The molecular formula is C22H12N2O8. The van der Waals surface area contributed by atoms with E-state index in [-0.39, 0.29) is 45.5 Å². The van der Waals surface area contributed by atoms with Crippen LogP contribution in [0, 0.1) is 20.2 Å². The first-order valence-electron chi connectivity index (χ1n) is 9.12. The van der Waals surface area contributed by atoms with E-state index in [1.165, 1.54) is 60.7 Å². The number of nitro benzene ring substituents is 2. The fourth-order valence-corrected chi connectivity index (χ4v) is 3.07. The molecule has 0 spiro atoms. The maximum absolute atomic E-state index is 12.6. The predicted molar refractivity (Wildman–Crippen MR) is 111 cm³/mol. The minimum Gasteiger partial charge on any atom is -0.457 e. The number of nitro groups is 2. The highest BCUT2D eigenvalue weighted by atomic mass is 16.6. The van der Waals surface area contributed by atoms with E-state index in [0.29, 0.717) is 0 Å². The summed E-state index contributed by atoms with van der Waals surface area (Å²) in [6.45, 7) is 0. The van der Waals surface area contributed by atoms with Gasteiger partial charge in [0.1, 0.15) is 23.0 Å². The minimum absolute atomic E-state index is 0.0183. The van der Waals surface area contributed by atoms with Crippen molar-refractivity contribution in [3.63, 3.8) is 0 Å². The average Bonchev–Trinajstić information content (AvgIpc) is 2.78. The smallest absolute Gasteiger partial charge is 0.269 e. The third-order valence-electron chi connectivity index (χ3n) is 4.56. The predicted octanol–water partition coefficient (Wildman–Crippen LogP) is 5.02. The molecule has 10 heteroatoms. The number of fused-ring (bicyclic) bond motifs is 1. The molecule has 3 aromatic rings. The van der Waals surface area contributed by atoms with Crippen LogP contribution in [-0.2, 0) is 0 Å². The number of carbonyl (C=O) groups excluding carboxylic acids is 2. The molecule has 1 aliphatic rings. The van der Waals surface area contributed by atoms with E-state index in [9.17, 15) is 29.8 Å². The Hall–Kier alpha value is -4.86. The zero-order valence-corrected chi connectivity index (χ0v) is 16.1. The highest BCUT2D eigenvalue weighted by Crippen LogP contribution is 2.38. The van der Waals surface area contributed by atoms with Crippen LogP contribution in [0.5, 0.6) is 23.0 Å². The number of hydrogen-bond acceptors (Lipinski definition) is 8. The number of non-ortho nitro benzene ring substituents is 2. The molecule has 0 N–H and O–H groups in total. The summed E-state index contributed by atoms with van der Waals surface area (Å²) in [6, 6.07) is 13.4. The topological polar surface area (TPSA) is 139 Å². The summed E-state index contributed by atoms with van der Waals surface area (Å²) in [7, 11) is 0. The van der Waals surface area contributed by atoms with Crippen LogP contribution in [0.2, 0.25) is 0 Å². The maximum Gasteiger partial charge on any atom is 0.269 e. The zero-order chi connectivity index (χ0) is 22.8. The maximum atomic E-state index is 12.6. The molecule has 0 atom stereocenters. The van der Waals surface area contributed by atoms with E-state index in [1.807, 2.05) is 0 Å². The van der Waals surface area contributed by atoms with Gasteiger partial charge in [0.25, 0.3) is 11.4 Å². The van der Waals surface area contributed by atoms with Crippen LogP contribution in [0.15, 0.2) is 72.8 Å². The van der Waals surface area contributed by atoms with Crippen LogP contribution in [0.4, 0.5) is 11.4 Å². The Kier molecular flexibility index (Phi) is 5.17. The SMILES string of the molecule is O=C1C=CC(=O)c2c(Oc3ccc([N+](=O)[O-])cc3)ccc(Oc3ccc([N+](=O)[O-])cc3)c21. The molecule has 158 valence electrons. The molecule has 4 rings (SSSR count). The van der Waals surface area contributed by atoms with Crippen LogP contribution >= 0.6 is 0 Å². The van der Waals surface area contributed by atoms with Crippen molar-refractivity contribution in [1.82, 2.24) is 0 Å². The molecule has 10 nitrogen and oxygen atoms in total. The lowest BCUT2D eigenvalue weighted by Gasteiger charge is -2.18. The number of allylic oxidation sites excluding steroid dienone is 2. The number of rotatable bonds is 6. The summed E-state index contributed by atoms with van der Waals surface area (Å²) < 4.78 is 11.4. The van der Waals surface area contributed by atoms with Crippen LogP contribution in [0.1, 0.15) is 20.7 Å². The Morgan fingerprint density at radius 2 is 0.906 bits per heavy atom. The van der Waals surface area contributed by atoms with Crippen molar-refractivity contribution >= 4 is 22.9 Å². The molecule has 0 amide bonds. The van der Waals surface area contributed by atoms with Gasteiger partial charge < -0.3 is 9.47 Å². The zero-order valence-electron chi connectivity index (χ0n) is 16.1. The molecule has 0 aliphatic heterocycles. The number of carbonyl (C=O) groups is 2. The molecule has 32 heavy (non-hydrogen) atoms. The number of ether oxygens (including phenoxy) is 2. The van der Waals surface area contributed by atoms with Crippen LogP contribution in [0.3, 0.4) is 0 Å². The third kappa shape index (κ3) is 3.92. The lowest BCUT2D eigenvalue weighted by Crippen LogP contribution is -2.14. The monoisotopic (exact) mass is 432 g/mol. The van der Waals surface area contributed by atoms with Gasteiger partial charge in [0.15, 0.2) is 11.6 Å². The minimum atomic E-state index is -0.553. The summed E-state index contributed by atoms with van der Waals surface area (Å²) in [4.78, 5) is 45.7. The van der Waals surface area contributed by atoms with Gasteiger partial charge in [-0.2, -0.15) is 0 Å². The first-order chi connectivity index (χ1) is 15.3. The van der Waals surface area contributed by atoms with Crippen LogP contribution in [0.25, 0.3) is 0 Å². The largest absolute Gasteiger partial charge is 0.457 e. The summed E-state index contributed by atoms with van der Waals surface area (Å²) >= 11 is 0. The van der Waals surface area contributed by atoms with E-state index in [2.05, 4.69) is 0 Å². The normalized spacial score (nSPS) is 12.2. The van der Waals surface area contributed by atoms with E-state index < -0.39 is 21.4 Å². The van der Waals surface area contributed by atoms with Crippen molar-refractivity contribution in [2.24, 2.45) is 0 Å². The number of ketones is 2. The summed E-state index contributed by atoms with van der Waals surface area (Å²) in [5.74, 6) is -0.343. The molecule has 0 saturated heterocycles. The highest BCUT2D eigenvalue weighted by Gasteiger charge is 2.28. The second kappa shape index (κ2) is 8.11. The molecule has 0 saturated carbocycles. The van der Waals surface area contributed by atoms with Gasteiger partial charge in [-0.15, -0.1) is 0 Å². The van der Waals surface area contributed by atoms with Gasteiger partial charge >= 0.3 is 0 Å². The van der Waals surface area contributed by atoms with Crippen molar-refractivity contribution in [2.45, 2.75) is 0 Å². The van der Waals surface area contributed by atoms with Gasteiger partial charge in [-0.3, -0.25) is 29.8 Å². The van der Waals surface area contributed by atoms with Gasteiger partial charge in [-0.05, 0) is 48.6 Å². The van der Waals surface area contributed by atoms with Crippen molar-refractivity contribution in [1.29, 1.82) is 0 Å². The first kappa shape index (κ1) is 20.4. The highest BCUT2D eigenvalue weighted by molar-refractivity contribution is 6.24. The first-order valence-corrected chi connectivity index (χ1v) is 9.12. The molecule has 0 unspecified atom stereocenters. The van der Waals surface area contributed by atoms with E-state index in [0.717, 1.165) is 12.2 Å². The average molecular weight is 432 g/mol. The third-order valence-corrected chi connectivity index (χ3v) is 4.56. The lowest BCUT2D eigenvalue weighted by atomic mass is 9.93. The van der Waals surface area contributed by atoms with Gasteiger partial charge in [0.05, 0.1) is 21.0 Å². The standard InChI is InChI=1S/C22H12N2O8/c25-17-9-10-18(26)22-20(32-16-7-3-14(4-8-16)24(29)30)12-11-19(21(17)22)31-15-5-1-13(2-6-15)23(27)28/h1-12H. The molecule has 1 aliphatic carbocycles. The van der Waals surface area contributed by atoms with Crippen molar-refractivity contribution in [3.8, 4) is 23.0 Å². The number of hydrogen-bond donors (Lipinski definition) is 0. The molecule has 0 aromatic heterocycles. The van der Waals surface area contributed by atoms with Gasteiger partial charge in [-0.25, -0.2) is 0 Å². The molecule has 0 fully saturated rings. The summed E-state index contributed by atoms with van der Waals surface area (Å²) in [5, 5.41) is 21.6. The Labute approximate surface area is 179 Å². The van der Waals surface area contributed by atoms with E-state index in [4.69, 9.17) is 9.47 Å². The van der Waals surface area contributed by atoms with Crippen LogP contribution < -0.4 is 9.47 Å². The Bertz CT molecular complexity index is 1190. The molecule has 0 bridgehead atoms. The lowest BCUT2D eigenvalue weighted by molar-refractivity contribution is -0.385. The number of nitrogens with zero attached hydrogens (tertiary/aromatic N) is 2. The fraction of sp³-hybridized carbons (Fsp3) is 0. The number of benzene rings is 3. The van der Waals surface area contributed by atoms with Crippen molar-refractivity contribution in [2.75, 3.05) is 0 Å². The van der Waals surface area contributed by atoms with Crippen LogP contribution in [-0.4, -0.2) is 21.4 Å². The fourth-order valence-electron chi connectivity index (χ4n) is 3.07. The molecule has 0 radical (unpaired) electrons. The Morgan fingerprint density at radius 3 is 1.22 bits per heavy atom. The summed E-state index contributed by atoms with van der Waals surface area (Å²) in [6.07, 6.45) is 2.23. The van der Waals surface area contributed by atoms with Gasteiger partial charge in [-0.1, -0.05) is 0 Å².